The first-order valence-electron chi connectivity index (χ1n) is 7.42. The first kappa shape index (κ1) is 15.1. The quantitative estimate of drug-likeness (QED) is 0.747. The molecule has 2 atom stereocenters. The van der Waals surface area contributed by atoms with Crippen LogP contribution < -0.4 is 10.1 Å². The van der Waals surface area contributed by atoms with Crippen molar-refractivity contribution in [3.8, 4) is 11.5 Å². The molecule has 0 heterocycles. The lowest BCUT2D eigenvalue weighted by molar-refractivity contribution is 0.133. The maximum atomic E-state index is 9.83. The molecular weight excluding hydrogens is 254 g/mol. The van der Waals surface area contributed by atoms with E-state index in [-0.39, 0.29) is 6.61 Å². The maximum absolute atomic E-state index is 9.83. The van der Waals surface area contributed by atoms with Crippen LogP contribution in [0.2, 0.25) is 0 Å². The van der Waals surface area contributed by atoms with Crippen LogP contribution in [0.4, 0.5) is 0 Å². The topological polar surface area (TPSA) is 61.7 Å². The molecule has 1 saturated carbocycles. The van der Waals surface area contributed by atoms with Gasteiger partial charge in [-0.2, -0.15) is 0 Å². The number of phenolic OH excluding ortho intramolecular Hbond substituents is 1. The van der Waals surface area contributed by atoms with Gasteiger partial charge in [0, 0.05) is 18.7 Å². The third kappa shape index (κ3) is 3.87. The lowest BCUT2D eigenvalue weighted by Gasteiger charge is -2.30. The summed E-state index contributed by atoms with van der Waals surface area (Å²) in [5.74, 6) is 2.02. The summed E-state index contributed by atoms with van der Waals surface area (Å²) in [4.78, 5) is 0. The number of hydrogen-bond donors (Lipinski definition) is 3. The molecule has 1 fully saturated rings. The summed E-state index contributed by atoms with van der Waals surface area (Å²) in [6.07, 6.45) is 4.81. The third-order valence-corrected chi connectivity index (χ3v) is 4.31. The number of ether oxygens (including phenoxy) is 1. The van der Waals surface area contributed by atoms with Crippen LogP contribution >= 0.6 is 0 Å². The normalized spacial score (nSPS) is 22.7. The van der Waals surface area contributed by atoms with Gasteiger partial charge in [-0.05, 0) is 49.4 Å². The lowest BCUT2D eigenvalue weighted by atomic mass is 9.79. The summed E-state index contributed by atoms with van der Waals surface area (Å²) in [5.41, 5.74) is 0.848. The fraction of sp³-hybridized carbons (Fsp3) is 0.625. The van der Waals surface area contributed by atoms with E-state index >= 15 is 0 Å². The number of phenols is 1. The molecule has 1 aliphatic rings. The van der Waals surface area contributed by atoms with Crippen molar-refractivity contribution in [3.05, 3.63) is 23.8 Å². The van der Waals surface area contributed by atoms with Gasteiger partial charge in [-0.15, -0.1) is 0 Å². The van der Waals surface area contributed by atoms with Crippen LogP contribution in [-0.4, -0.2) is 30.5 Å². The van der Waals surface area contributed by atoms with Crippen LogP contribution in [0.1, 0.15) is 31.2 Å². The highest BCUT2D eigenvalue weighted by Crippen LogP contribution is 2.29. The highest BCUT2D eigenvalue weighted by atomic mass is 16.5. The van der Waals surface area contributed by atoms with E-state index in [1.807, 2.05) is 6.07 Å². The van der Waals surface area contributed by atoms with Gasteiger partial charge in [0.15, 0.2) is 0 Å². The summed E-state index contributed by atoms with van der Waals surface area (Å²) in [5, 5.41) is 22.6. The fourth-order valence-corrected chi connectivity index (χ4v) is 3.02. The number of aliphatic hydroxyl groups is 1. The third-order valence-electron chi connectivity index (χ3n) is 4.31. The average molecular weight is 279 g/mol. The van der Waals surface area contributed by atoms with Crippen molar-refractivity contribution < 1.29 is 14.9 Å². The molecule has 112 valence electrons. The van der Waals surface area contributed by atoms with E-state index < -0.39 is 0 Å². The molecule has 1 aromatic rings. The molecule has 0 radical (unpaired) electrons. The van der Waals surface area contributed by atoms with Gasteiger partial charge in [0.25, 0.3) is 0 Å². The number of nitrogens with one attached hydrogen (secondary N) is 1. The van der Waals surface area contributed by atoms with Gasteiger partial charge < -0.3 is 20.3 Å². The monoisotopic (exact) mass is 279 g/mol. The minimum absolute atomic E-state index is 0.288. The summed E-state index contributed by atoms with van der Waals surface area (Å²) in [6, 6.07) is 5.27. The van der Waals surface area contributed by atoms with Crippen molar-refractivity contribution in [3.63, 3.8) is 0 Å². The Morgan fingerprint density at radius 3 is 2.70 bits per heavy atom. The van der Waals surface area contributed by atoms with Crippen molar-refractivity contribution in [1.82, 2.24) is 5.32 Å². The molecule has 2 rings (SSSR count). The molecule has 0 aromatic heterocycles. The van der Waals surface area contributed by atoms with Gasteiger partial charge >= 0.3 is 0 Å². The molecular formula is C16H25NO3. The van der Waals surface area contributed by atoms with Crippen molar-refractivity contribution in [2.45, 2.75) is 32.2 Å². The standard InChI is InChI=1S/C16H25NO3/c1-20-15-6-7-16(19)14(8-15)10-17-9-12-4-2-3-5-13(12)11-18/h6-8,12-13,17-19H,2-5,9-11H2,1H3. The smallest absolute Gasteiger partial charge is 0.120 e. The molecule has 3 N–H and O–H groups in total. The van der Waals surface area contributed by atoms with E-state index in [1.54, 1.807) is 19.2 Å². The Morgan fingerprint density at radius 1 is 1.25 bits per heavy atom. The molecule has 0 spiro atoms. The molecule has 2 unspecified atom stereocenters. The number of hydrogen-bond acceptors (Lipinski definition) is 4. The molecule has 0 bridgehead atoms. The summed E-state index contributed by atoms with van der Waals surface area (Å²) in [6.45, 7) is 1.80. The molecule has 4 heteroatoms. The van der Waals surface area contributed by atoms with Crippen LogP contribution in [0.3, 0.4) is 0 Å². The largest absolute Gasteiger partial charge is 0.508 e. The predicted octanol–water partition coefficient (Wildman–Crippen LogP) is 2.29. The Hall–Kier alpha value is -1.26. The van der Waals surface area contributed by atoms with Crippen molar-refractivity contribution in [2.75, 3.05) is 20.3 Å². The van der Waals surface area contributed by atoms with Crippen molar-refractivity contribution in [1.29, 1.82) is 0 Å². The minimum Gasteiger partial charge on any atom is -0.508 e. The van der Waals surface area contributed by atoms with E-state index in [0.717, 1.165) is 24.3 Å². The second-order valence-corrected chi connectivity index (χ2v) is 5.61. The first-order chi connectivity index (χ1) is 9.74. The zero-order chi connectivity index (χ0) is 14.4. The first-order valence-corrected chi connectivity index (χ1v) is 7.42. The van der Waals surface area contributed by atoms with Crippen molar-refractivity contribution in [2.24, 2.45) is 11.8 Å². The Labute approximate surface area is 120 Å². The van der Waals surface area contributed by atoms with Crippen LogP contribution in [0, 0.1) is 11.8 Å². The fourth-order valence-electron chi connectivity index (χ4n) is 3.02. The molecule has 4 nitrogen and oxygen atoms in total. The number of benzene rings is 1. The Bertz CT molecular complexity index is 422. The predicted molar refractivity (Wildman–Crippen MR) is 78.9 cm³/mol. The van der Waals surface area contributed by atoms with Crippen LogP contribution in [-0.2, 0) is 6.54 Å². The SMILES string of the molecule is COc1ccc(O)c(CNCC2CCCCC2CO)c1. The van der Waals surface area contributed by atoms with Crippen LogP contribution in [0.5, 0.6) is 11.5 Å². The maximum Gasteiger partial charge on any atom is 0.120 e. The van der Waals surface area contributed by atoms with Gasteiger partial charge in [-0.25, -0.2) is 0 Å². The number of rotatable bonds is 6. The lowest BCUT2D eigenvalue weighted by Crippen LogP contribution is -2.32. The van der Waals surface area contributed by atoms with E-state index in [9.17, 15) is 10.2 Å². The molecule has 0 saturated heterocycles. The highest BCUT2D eigenvalue weighted by molar-refractivity contribution is 5.39. The Morgan fingerprint density at radius 2 is 2.00 bits per heavy atom. The number of aromatic hydroxyl groups is 1. The molecule has 20 heavy (non-hydrogen) atoms. The summed E-state index contributed by atoms with van der Waals surface area (Å²) in [7, 11) is 1.62. The summed E-state index contributed by atoms with van der Waals surface area (Å²) >= 11 is 0. The van der Waals surface area contributed by atoms with Crippen LogP contribution in [0.15, 0.2) is 18.2 Å². The Kier molecular flexibility index (Phi) is 5.68. The van der Waals surface area contributed by atoms with E-state index in [0.29, 0.717) is 24.1 Å². The summed E-state index contributed by atoms with van der Waals surface area (Å²) < 4.78 is 5.17. The molecule has 1 aliphatic carbocycles. The average Bonchev–Trinajstić information content (AvgIpc) is 2.49. The van der Waals surface area contributed by atoms with Gasteiger partial charge in [0.2, 0.25) is 0 Å². The zero-order valence-electron chi connectivity index (χ0n) is 12.1. The molecule has 0 amide bonds. The molecule has 0 aliphatic heterocycles. The van der Waals surface area contributed by atoms with E-state index in [2.05, 4.69) is 5.32 Å². The van der Waals surface area contributed by atoms with Crippen LogP contribution in [0.25, 0.3) is 0 Å². The second kappa shape index (κ2) is 7.50. The zero-order valence-corrected chi connectivity index (χ0v) is 12.1. The number of aliphatic hydroxyl groups excluding tert-OH is 1. The Balaban J connectivity index is 1.85. The number of methoxy groups -OCH3 is 1. The van der Waals surface area contributed by atoms with Gasteiger partial charge in [0.05, 0.1) is 7.11 Å². The van der Waals surface area contributed by atoms with Crippen molar-refractivity contribution >= 4 is 0 Å². The van der Waals surface area contributed by atoms with Gasteiger partial charge in [-0.3, -0.25) is 0 Å². The molecule has 1 aromatic carbocycles. The van der Waals surface area contributed by atoms with Gasteiger partial charge in [-0.1, -0.05) is 12.8 Å². The van der Waals surface area contributed by atoms with E-state index in [4.69, 9.17) is 4.74 Å². The van der Waals surface area contributed by atoms with Gasteiger partial charge in [0.1, 0.15) is 11.5 Å². The second-order valence-electron chi connectivity index (χ2n) is 5.61. The van der Waals surface area contributed by atoms with E-state index in [1.165, 1.54) is 19.3 Å². The minimum atomic E-state index is 0.288. The highest BCUT2D eigenvalue weighted by Gasteiger charge is 2.23.